The molecule has 0 saturated carbocycles. The Balaban J connectivity index is 0.00000300. The number of rotatable bonds is 7. The molecule has 0 spiro atoms. The number of aryl methyl sites for hydroxylation is 1. The number of para-hydroxylation sites is 1. The van der Waals surface area contributed by atoms with Gasteiger partial charge in [0.1, 0.15) is 11.9 Å². The van der Waals surface area contributed by atoms with Crippen LogP contribution in [-0.2, 0) is 6.54 Å². The molecule has 2 aromatic heterocycles. The number of pyridine rings is 1. The Labute approximate surface area is 188 Å². The molecule has 154 valence electrons. The van der Waals surface area contributed by atoms with Crippen LogP contribution in [0.2, 0.25) is 0 Å². The van der Waals surface area contributed by atoms with Gasteiger partial charge in [-0.1, -0.05) is 18.2 Å². The Hall–Kier alpha value is -2.62. The van der Waals surface area contributed by atoms with E-state index in [1.165, 1.54) is 0 Å². The van der Waals surface area contributed by atoms with E-state index in [0.29, 0.717) is 13.1 Å². The Bertz CT molecular complexity index is 913. The Morgan fingerprint density at radius 1 is 1.17 bits per heavy atom. The second kappa shape index (κ2) is 11.4. The molecule has 0 radical (unpaired) electrons. The third kappa shape index (κ3) is 6.74. The highest BCUT2D eigenvalue weighted by atomic mass is 127. The average molecular weight is 506 g/mol. The van der Waals surface area contributed by atoms with Gasteiger partial charge >= 0.3 is 0 Å². The highest BCUT2D eigenvalue weighted by molar-refractivity contribution is 14.0. The van der Waals surface area contributed by atoms with Gasteiger partial charge in [-0.15, -0.1) is 24.0 Å². The molecule has 7 nitrogen and oxygen atoms in total. The fourth-order valence-electron chi connectivity index (χ4n) is 2.69. The smallest absolute Gasteiger partial charge is 0.191 e. The Kier molecular flexibility index (Phi) is 8.91. The summed E-state index contributed by atoms with van der Waals surface area (Å²) < 4.78 is 7.73. The van der Waals surface area contributed by atoms with E-state index in [9.17, 15) is 0 Å². The van der Waals surface area contributed by atoms with Crippen LogP contribution in [0.5, 0.6) is 5.75 Å². The second-order valence-corrected chi connectivity index (χ2v) is 6.47. The number of hydrogen-bond donors (Lipinski definition) is 2. The normalized spacial score (nSPS) is 12.0. The third-order valence-corrected chi connectivity index (χ3v) is 4.21. The third-order valence-electron chi connectivity index (χ3n) is 4.21. The molecule has 8 heteroatoms. The van der Waals surface area contributed by atoms with E-state index in [0.717, 1.165) is 28.7 Å². The first-order valence-corrected chi connectivity index (χ1v) is 9.27. The van der Waals surface area contributed by atoms with Crippen LogP contribution >= 0.6 is 24.0 Å². The zero-order valence-corrected chi connectivity index (χ0v) is 19.2. The number of benzene rings is 1. The monoisotopic (exact) mass is 506 g/mol. The van der Waals surface area contributed by atoms with Crippen molar-refractivity contribution in [1.29, 1.82) is 0 Å². The predicted molar refractivity (Wildman–Crippen MR) is 126 cm³/mol. The molecule has 0 aliphatic heterocycles. The van der Waals surface area contributed by atoms with Gasteiger partial charge in [0.25, 0.3) is 0 Å². The number of hydrogen-bond acceptors (Lipinski definition) is 4. The van der Waals surface area contributed by atoms with Crippen LogP contribution in [0.15, 0.2) is 66.0 Å². The fourth-order valence-corrected chi connectivity index (χ4v) is 2.69. The number of nitrogens with zero attached hydrogens (tertiary/aromatic N) is 4. The summed E-state index contributed by atoms with van der Waals surface area (Å²) in [5.74, 6) is 2.41. The van der Waals surface area contributed by atoms with Crippen molar-refractivity contribution < 1.29 is 4.74 Å². The lowest BCUT2D eigenvalue weighted by Gasteiger charge is -2.19. The summed E-state index contributed by atoms with van der Waals surface area (Å²) in [5.41, 5.74) is 2.22. The van der Waals surface area contributed by atoms with Gasteiger partial charge in [0.2, 0.25) is 0 Å². The van der Waals surface area contributed by atoms with E-state index in [-0.39, 0.29) is 30.1 Å². The van der Waals surface area contributed by atoms with Gasteiger partial charge in [0.05, 0.1) is 6.54 Å². The minimum Gasteiger partial charge on any atom is -0.489 e. The molecule has 0 bridgehead atoms. The van der Waals surface area contributed by atoms with Crippen LogP contribution in [0.3, 0.4) is 0 Å². The van der Waals surface area contributed by atoms with Crippen molar-refractivity contribution in [2.45, 2.75) is 26.5 Å². The number of guanidine groups is 1. The highest BCUT2D eigenvalue weighted by Crippen LogP contribution is 2.17. The first-order chi connectivity index (χ1) is 13.7. The maximum atomic E-state index is 6.00. The predicted octanol–water partition coefficient (Wildman–Crippen LogP) is 3.33. The van der Waals surface area contributed by atoms with Gasteiger partial charge in [0.15, 0.2) is 11.8 Å². The van der Waals surface area contributed by atoms with Crippen molar-refractivity contribution in [2.75, 3.05) is 13.6 Å². The van der Waals surface area contributed by atoms with Crippen LogP contribution in [-0.4, -0.2) is 40.4 Å². The lowest BCUT2D eigenvalue weighted by atomic mass is 10.2. The quantitative estimate of drug-likeness (QED) is 0.292. The van der Waals surface area contributed by atoms with Crippen LogP contribution < -0.4 is 15.4 Å². The lowest BCUT2D eigenvalue weighted by molar-refractivity contribution is 0.222. The molecule has 2 N–H and O–H groups in total. The molecule has 0 fully saturated rings. The number of nitrogens with one attached hydrogen (secondary N) is 2. The average Bonchev–Trinajstić information content (AvgIpc) is 3.25. The standard InChI is InChI=1S/C21H26N6O.HI/c1-16-7-4-5-8-19(16)28-17(2)14-24-21(22-3)25-15-18-9-11-23-20(13-18)27-12-6-10-26-27;/h4-13,17H,14-15H2,1-3H3,(H2,22,24,25);1H. The van der Waals surface area contributed by atoms with Gasteiger partial charge in [-0.25, -0.2) is 9.67 Å². The first-order valence-electron chi connectivity index (χ1n) is 9.27. The molecular formula is C21H27IN6O. The number of aliphatic imine (C=N–C) groups is 1. The molecule has 1 aromatic carbocycles. The summed E-state index contributed by atoms with van der Waals surface area (Å²) in [6, 6.07) is 13.9. The molecule has 3 rings (SSSR count). The number of halogens is 1. The molecule has 1 atom stereocenters. The maximum absolute atomic E-state index is 6.00. The Morgan fingerprint density at radius 2 is 2.00 bits per heavy atom. The molecule has 0 amide bonds. The lowest BCUT2D eigenvalue weighted by Crippen LogP contribution is -2.41. The van der Waals surface area contributed by atoms with E-state index in [1.807, 2.05) is 62.5 Å². The Morgan fingerprint density at radius 3 is 2.72 bits per heavy atom. The van der Waals surface area contributed by atoms with E-state index in [1.54, 1.807) is 24.1 Å². The molecule has 0 aliphatic rings. The minimum absolute atomic E-state index is 0. The van der Waals surface area contributed by atoms with Crippen molar-refractivity contribution in [3.8, 4) is 11.6 Å². The molecule has 1 unspecified atom stereocenters. The summed E-state index contributed by atoms with van der Waals surface area (Å²) >= 11 is 0. The summed E-state index contributed by atoms with van der Waals surface area (Å²) in [5, 5.41) is 10.8. The van der Waals surface area contributed by atoms with E-state index < -0.39 is 0 Å². The maximum Gasteiger partial charge on any atom is 0.191 e. The molecule has 0 aliphatic carbocycles. The van der Waals surface area contributed by atoms with E-state index in [2.05, 4.69) is 25.7 Å². The molecule has 0 saturated heterocycles. The molecular weight excluding hydrogens is 479 g/mol. The van der Waals surface area contributed by atoms with Crippen molar-refractivity contribution in [3.05, 3.63) is 72.2 Å². The second-order valence-electron chi connectivity index (χ2n) is 6.47. The van der Waals surface area contributed by atoms with Gasteiger partial charge in [-0.3, -0.25) is 4.99 Å². The summed E-state index contributed by atoms with van der Waals surface area (Å²) in [6.45, 7) is 5.35. The molecule has 29 heavy (non-hydrogen) atoms. The summed E-state index contributed by atoms with van der Waals surface area (Å²) in [4.78, 5) is 8.62. The fraction of sp³-hybridized carbons (Fsp3) is 0.286. The summed E-state index contributed by atoms with van der Waals surface area (Å²) in [6.07, 6.45) is 5.39. The molecule has 2 heterocycles. The zero-order chi connectivity index (χ0) is 19.8. The largest absolute Gasteiger partial charge is 0.489 e. The van der Waals surface area contributed by atoms with Crippen molar-refractivity contribution in [1.82, 2.24) is 25.4 Å². The zero-order valence-electron chi connectivity index (χ0n) is 16.9. The van der Waals surface area contributed by atoms with Crippen molar-refractivity contribution >= 4 is 29.9 Å². The number of aromatic nitrogens is 3. The van der Waals surface area contributed by atoms with Crippen LogP contribution in [0.1, 0.15) is 18.1 Å². The van der Waals surface area contributed by atoms with Gasteiger partial charge in [-0.05, 0) is 49.2 Å². The van der Waals surface area contributed by atoms with E-state index in [4.69, 9.17) is 4.74 Å². The van der Waals surface area contributed by atoms with Crippen LogP contribution in [0.25, 0.3) is 5.82 Å². The van der Waals surface area contributed by atoms with Gasteiger partial charge < -0.3 is 15.4 Å². The van der Waals surface area contributed by atoms with Crippen LogP contribution in [0, 0.1) is 6.92 Å². The number of ether oxygens (including phenoxy) is 1. The van der Waals surface area contributed by atoms with Crippen LogP contribution in [0.4, 0.5) is 0 Å². The van der Waals surface area contributed by atoms with Gasteiger partial charge in [0, 0.05) is 32.2 Å². The minimum atomic E-state index is 0. The van der Waals surface area contributed by atoms with Gasteiger partial charge in [-0.2, -0.15) is 5.10 Å². The SMILES string of the molecule is CN=C(NCc1ccnc(-n2cccn2)c1)NCC(C)Oc1ccccc1C.I. The van der Waals surface area contributed by atoms with E-state index >= 15 is 0 Å². The topological polar surface area (TPSA) is 76.4 Å². The summed E-state index contributed by atoms with van der Waals surface area (Å²) in [7, 11) is 1.75. The van der Waals surface area contributed by atoms with Crippen molar-refractivity contribution in [3.63, 3.8) is 0 Å². The van der Waals surface area contributed by atoms with Crippen molar-refractivity contribution in [2.24, 2.45) is 4.99 Å². The molecule has 3 aromatic rings. The first kappa shape index (κ1) is 22.7. The highest BCUT2D eigenvalue weighted by Gasteiger charge is 2.08.